The third-order valence-corrected chi connectivity index (χ3v) is 3.79. The Hall–Kier alpha value is -1.53. The van der Waals surface area contributed by atoms with Gasteiger partial charge in [-0.25, -0.2) is 0 Å². The molecule has 0 radical (unpaired) electrons. The molecule has 0 aliphatic carbocycles. The lowest BCUT2D eigenvalue weighted by atomic mass is 10.2. The minimum Gasteiger partial charge on any atom is -0.351 e. The molecule has 5 nitrogen and oxygen atoms in total. The van der Waals surface area contributed by atoms with Gasteiger partial charge in [0.2, 0.25) is 5.91 Å². The number of rotatable bonds is 5. The van der Waals surface area contributed by atoms with Crippen molar-refractivity contribution in [2.45, 2.75) is 11.8 Å². The summed E-state index contributed by atoms with van der Waals surface area (Å²) in [5, 5.41) is 8.75. The van der Waals surface area contributed by atoms with E-state index in [1.54, 1.807) is 12.1 Å². The van der Waals surface area contributed by atoms with Gasteiger partial charge in [-0.15, -0.1) is 11.8 Å². The molecule has 1 aromatic carbocycles. The Labute approximate surface area is 116 Å². The van der Waals surface area contributed by atoms with Crippen LogP contribution < -0.4 is 16.0 Å². The molecular formula is C13H17N3O2S. The van der Waals surface area contributed by atoms with E-state index in [1.165, 1.54) is 11.8 Å². The van der Waals surface area contributed by atoms with E-state index in [4.69, 9.17) is 0 Å². The first kappa shape index (κ1) is 13.9. The molecule has 1 aliphatic heterocycles. The second-order valence-corrected chi connectivity index (χ2v) is 5.17. The Morgan fingerprint density at radius 2 is 2.26 bits per heavy atom. The maximum absolute atomic E-state index is 11.9. The molecule has 0 fully saturated rings. The number of hydrogen-bond acceptors (Lipinski definition) is 4. The molecule has 0 unspecified atom stereocenters. The van der Waals surface area contributed by atoms with E-state index in [9.17, 15) is 9.59 Å². The third kappa shape index (κ3) is 3.71. The average molecular weight is 279 g/mol. The van der Waals surface area contributed by atoms with Gasteiger partial charge in [-0.3, -0.25) is 9.59 Å². The summed E-state index contributed by atoms with van der Waals surface area (Å²) in [6.07, 6.45) is 0. The zero-order chi connectivity index (χ0) is 13.7. The Kier molecular flexibility index (Phi) is 4.81. The van der Waals surface area contributed by atoms with Gasteiger partial charge in [-0.05, 0) is 24.7 Å². The molecule has 0 aromatic heterocycles. The number of nitrogens with one attached hydrogen (secondary N) is 3. The molecule has 102 valence electrons. The SMILES string of the molecule is CCNCCNC(=O)c1ccc2c(c1)NC(=O)CS2. The zero-order valence-corrected chi connectivity index (χ0v) is 11.6. The highest BCUT2D eigenvalue weighted by Crippen LogP contribution is 2.31. The van der Waals surface area contributed by atoms with Gasteiger partial charge in [0.15, 0.2) is 0 Å². The summed E-state index contributed by atoms with van der Waals surface area (Å²) in [7, 11) is 0. The molecule has 19 heavy (non-hydrogen) atoms. The number of carbonyl (C=O) groups is 2. The molecule has 3 N–H and O–H groups in total. The molecule has 1 heterocycles. The molecule has 1 aliphatic rings. The second-order valence-electron chi connectivity index (χ2n) is 4.16. The van der Waals surface area contributed by atoms with Gasteiger partial charge >= 0.3 is 0 Å². The average Bonchev–Trinajstić information content (AvgIpc) is 2.42. The van der Waals surface area contributed by atoms with Gasteiger partial charge in [0, 0.05) is 23.5 Å². The van der Waals surface area contributed by atoms with Crippen LogP contribution in [0.5, 0.6) is 0 Å². The first-order valence-corrected chi connectivity index (χ1v) is 7.25. The van der Waals surface area contributed by atoms with Crippen LogP contribution in [0.1, 0.15) is 17.3 Å². The predicted molar refractivity (Wildman–Crippen MR) is 76.7 cm³/mol. The monoisotopic (exact) mass is 279 g/mol. The Bertz CT molecular complexity index is 491. The van der Waals surface area contributed by atoms with Crippen LogP contribution in [0, 0.1) is 0 Å². The van der Waals surface area contributed by atoms with E-state index >= 15 is 0 Å². The summed E-state index contributed by atoms with van der Waals surface area (Å²) in [6.45, 7) is 4.24. The molecule has 6 heteroatoms. The number of amides is 2. The van der Waals surface area contributed by atoms with E-state index in [2.05, 4.69) is 16.0 Å². The Morgan fingerprint density at radius 1 is 1.42 bits per heavy atom. The first-order chi connectivity index (χ1) is 9.20. The molecule has 0 saturated carbocycles. The van der Waals surface area contributed by atoms with Crippen LogP contribution >= 0.6 is 11.8 Å². The number of fused-ring (bicyclic) bond motifs is 1. The van der Waals surface area contributed by atoms with Gasteiger partial charge in [0.05, 0.1) is 11.4 Å². The van der Waals surface area contributed by atoms with E-state index in [0.717, 1.165) is 23.7 Å². The van der Waals surface area contributed by atoms with E-state index < -0.39 is 0 Å². The third-order valence-electron chi connectivity index (χ3n) is 2.71. The molecule has 1 aromatic rings. The molecule has 0 bridgehead atoms. The molecule has 2 amide bonds. The second kappa shape index (κ2) is 6.58. The molecular weight excluding hydrogens is 262 g/mol. The summed E-state index contributed by atoms with van der Waals surface area (Å²) in [4.78, 5) is 24.2. The predicted octanol–water partition coefficient (Wildman–Crippen LogP) is 1.07. The minimum absolute atomic E-state index is 0.0257. The van der Waals surface area contributed by atoms with Crippen molar-refractivity contribution in [3.63, 3.8) is 0 Å². The molecule has 0 saturated heterocycles. The summed E-state index contributed by atoms with van der Waals surface area (Å²) >= 11 is 1.49. The van der Waals surface area contributed by atoms with E-state index in [0.29, 0.717) is 17.9 Å². The fourth-order valence-corrected chi connectivity index (χ4v) is 2.56. The van der Waals surface area contributed by atoms with Crippen LogP contribution in [-0.4, -0.2) is 37.2 Å². The van der Waals surface area contributed by atoms with Crippen molar-refractivity contribution in [2.24, 2.45) is 0 Å². The topological polar surface area (TPSA) is 70.2 Å². The summed E-state index contributed by atoms with van der Waals surface area (Å²) in [5.74, 6) is 0.286. The standard InChI is InChI=1S/C13H17N3O2S/c1-2-14-5-6-15-13(18)9-3-4-11-10(7-9)16-12(17)8-19-11/h3-4,7,14H,2,5-6,8H2,1H3,(H,15,18)(H,16,17). The van der Waals surface area contributed by atoms with Crippen LogP contribution in [0.3, 0.4) is 0 Å². The highest BCUT2D eigenvalue weighted by Gasteiger charge is 2.17. The van der Waals surface area contributed by atoms with Crippen molar-refractivity contribution >= 4 is 29.3 Å². The van der Waals surface area contributed by atoms with Gasteiger partial charge in [-0.2, -0.15) is 0 Å². The van der Waals surface area contributed by atoms with Crippen molar-refractivity contribution in [1.82, 2.24) is 10.6 Å². The lowest BCUT2D eigenvalue weighted by Gasteiger charge is -2.16. The quantitative estimate of drug-likeness (QED) is 0.705. The fraction of sp³-hybridized carbons (Fsp3) is 0.385. The number of anilines is 1. The van der Waals surface area contributed by atoms with E-state index in [1.807, 2.05) is 13.0 Å². The van der Waals surface area contributed by atoms with Gasteiger partial charge in [-0.1, -0.05) is 6.92 Å². The van der Waals surface area contributed by atoms with Crippen LogP contribution in [0.2, 0.25) is 0 Å². The smallest absolute Gasteiger partial charge is 0.251 e. The molecule has 2 rings (SSSR count). The van der Waals surface area contributed by atoms with Gasteiger partial charge in [0.25, 0.3) is 5.91 Å². The first-order valence-electron chi connectivity index (χ1n) is 6.26. The van der Waals surface area contributed by atoms with Crippen LogP contribution in [0.4, 0.5) is 5.69 Å². The maximum Gasteiger partial charge on any atom is 0.251 e. The van der Waals surface area contributed by atoms with Gasteiger partial charge < -0.3 is 16.0 Å². The van der Waals surface area contributed by atoms with Crippen molar-refractivity contribution < 1.29 is 9.59 Å². The lowest BCUT2D eigenvalue weighted by Crippen LogP contribution is -2.31. The minimum atomic E-state index is -0.120. The number of carbonyl (C=O) groups excluding carboxylic acids is 2. The van der Waals surface area contributed by atoms with Crippen LogP contribution in [-0.2, 0) is 4.79 Å². The molecule has 0 spiro atoms. The summed E-state index contributed by atoms with van der Waals surface area (Å²) < 4.78 is 0. The summed E-state index contributed by atoms with van der Waals surface area (Å²) in [6, 6.07) is 5.38. The Balaban J connectivity index is 1.99. The number of likely N-dealkylation sites (N-methyl/N-ethyl adjacent to an activating group) is 1. The lowest BCUT2D eigenvalue weighted by molar-refractivity contribution is -0.113. The van der Waals surface area contributed by atoms with Crippen molar-refractivity contribution in [2.75, 3.05) is 30.7 Å². The molecule has 0 atom stereocenters. The maximum atomic E-state index is 11.9. The largest absolute Gasteiger partial charge is 0.351 e. The Morgan fingerprint density at radius 3 is 3.05 bits per heavy atom. The number of hydrogen-bond donors (Lipinski definition) is 3. The summed E-state index contributed by atoms with van der Waals surface area (Å²) in [5.41, 5.74) is 1.29. The fourth-order valence-electron chi connectivity index (χ4n) is 1.77. The van der Waals surface area contributed by atoms with Crippen LogP contribution in [0.25, 0.3) is 0 Å². The van der Waals surface area contributed by atoms with Crippen molar-refractivity contribution in [1.29, 1.82) is 0 Å². The van der Waals surface area contributed by atoms with Crippen LogP contribution in [0.15, 0.2) is 23.1 Å². The van der Waals surface area contributed by atoms with Crippen molar-refractivity contribution in [3.8, 4) is 0 Å². The normalized spacial score (nSPS) is 13.6. The highest BCUT2D eigenvalue weighted by atomic mass is 32.2. The van der Waals surface area contributed by atoms with Gasteiger partial charge in [0.1, 0.15) is 0 Å². The van der Waals surface area contributed by atoms with E-state index in [-0.39, 0.29) is 11.8 Å². The highest BCUT2D eigenvalue weighted by molar-refractivity contribution is 8.00. The zero-order valence-electron chi connectivity index (χ0n) is 10.8. The van der Waals surface area contributed by atoms with Crippen molar-refractivity contribution in [3.05, 3.63) is 23.8 Å². The number of thioether (sulfide) groups is 1. The number of benzene rings is 1.